The second-order valence-corrected chi connectivity index (χ2v) is 5.59. The molecule has 0 unspecified atom stereocenters. The lowest BCUT2D eigenvalue weighted by molar-refractivity contribution is 0.551. The van der Waals surface area contributed by atoms with Crippen LogP contribution in [0.3, 0.4) is 0 Å². The van der Waals surface area contributed by atoms with Crippen molar-refractivity contribution in [2.75, 3.05) is 18.5 Å². The highest BCUT2D eigenvalue weighted by atomic mass is 15.2. The Labute approximate surface area is 126 Å². The van der Waals surface area contributed by atoms with Gasteiger partial charge in [0.25, 0.3) is 0 Å². The first-order valence-corrected chi connectivity index (χ1v) is 7.28. The highest BCUT2D eigenvalue weighted by Crippen LogP contribution is 2.08. The van der Waals surface area contributed by atoms with Crippen LogP contribution < -0.4 is 10.2 Å². The first kappa shape index (κ1) is 15.4. The Balaban J connectivity index is 1.89. The predicted molar refractivity (Wildman–Crippen MR) is 84.9 cm³/mol. The molecule has 1 N–H and O–H groups in total. The SMILES string of the molecule is CC(C)CNCc1cnc(N(C)Cc2ccccn2)nc1. The summed E-state index contributed by atoms with van der Waals surface area (Å²) in [4.78, 5) is 15.1. The van der Waals surface area contributed by atoms with Crippen molar-refractivity contribution >= 4 is 5.95 Å². The van der Waals surface area contributed by atoms with Gasteiger partial charge in [-0.1, -0.05) is 19.9 Å². The van der Waals surface area contributed by atoms with E-state index in [1.807, 2.05) is 42.5 Å². The zero-order chi connectivity index (χ0) is 15.1. The van der Waals surface area contributed by atoms with E-state index in [9.17, 15) is 0 Å². The van der Waals surface area contributed by atoms with Crippen molar-refractivity contribution in [2.45, 2.75) is 26.9 Å². The number of hydrogen-bond donors (Lipinski definition) is 1. The van der Waals surface area contributed by atoms with Crippen LogP contribution in [-0.4, -0.2) is 28.5 Å². The lowest BCUT2D eigenvalue weighted by Crippen LogP contribution is -2.21. The average Bonchev–Trinajstić information content (AvgIpc) is 2.48. The third-order valence-electron chi connectivity index (χ3n) is 3.04. The second kappa shape index (κ2) is 7.69. The molecular formula is C16H23N5. The van der Waals surface area contributed by atoms with E-state index in [2.05, 4.69) is 34.1 Å². The summed E-state index contributed by atoms with van der Waals surface area (Å²) >= 11 is 0. The zero-order valence-corrected chi connectivity index (χ0v) is 13.0. The van der Waals surface area contributed by atoms with Gasteiger partial charge in [-0.05, 0) is 24.6 Å². The molecule has 0 aliphatic carbocycles. The molecule has 2 heterocycles. The molecule has 0 amide bonds. The summed E-state index contributed by atoms with van der Waals surface area (Å²) in [5, 5.41) is 3.39. The number of rotatable bonds is 7. The Morgan fingerprint density at radius 1 is 1.14 bits per heavy atom. The lowest BCUT2D eigenvalue weighted by Gasteiger charge is -2.16. The Morgan fingerprint density at radius 3 is 2.52 bits per heavy atom. The summed E-state index contributed by atoms with van der Waals surface area (Å²) in [6, 6.07) is 5.90. The Hall–Kier alpha value is -2.01. The van der Waals surface area contributed by atoms with E-state index in [0.717, 1.165) is 24.3 Å². The van der Waals surface area contributed by atoms with Crippen LogP contribution in [0.1, 0.15) is 25.1 Å². The molecule has 0 saturated carbocycles. The van der Waals surface area contributed by atoms with E-state index in [1.165, 1.54) is 0 Å². The molecule has 0 aliphatic rings. The molecule has 2 aromatic rings. The summed E-state index contributed by atoms with van der Waals surface area (Å²) < 4.78 is 0. The molecule has 2 rings (SSSR count). The average molecular weight is 285 g/mol. The van der Waals surface area contributed by atoms with E-state index in [0.29, 0.717) is 18.4 Å². The van der Waals surface area contributed by atoms with Gasteiger partial charge in [0.2, 0.25) is 5.95 Å². The van der Waals surface area contributed by atoms with Crippen molar-refractivity contribution in [3.05, 3.63) is 48.0 Å². The third kappa shape index (κ3) is 5.11. The van der Waals surface area contributed by atoms with Crippen molar-refractivity contribution in [1.82, 2.24) is 20.3 Å². The fourth-order valence-corrected chi connectivity index (χ4v) is 1.95. The second-order valence-electron chi connectivity index (χ2n) is 5.59. The molecule has 0 fully saturated rings. The fourth-order valence-electron chi connectivity index (χ4n) is 1.95. The monoisotopic (exact) mass is 285 g/mol. The van der Waals surface area contributed by atoms with Gasteiger partial charge in [-0.3, -0.25) is 4.98 Å². The highest BCUT2D eigenvalue weighted by molar-refractivity contribution is 5.29. The van der Waals surface area contributed by atoms with Gasteiger partial charge in [-0.15, -0.1) is 0 Å². The largest absolute Gasteiger partial charge is 0.338 e. The van der Waals surface area contributed by atoms with Gasteiger partial charge >= 0.3 is 0 Å². The molecule has 5 heteroatoms. The minimum Gasteiger partial charge on any atom is -0.338 e. The van der Waals surface area contributed by atoms with Gasteiger partial charge in [-0.2, -0.15) is 0 Å². The van der Waals surface area contributed by atoms with E-state index in [1.54, 1.807) is 6.20 Å². The van der Waals surface area contributed by atoms with Crippen LogP contribution in [0.2, 0.25) is 0 Å². The molecule has 0 radical (unpaired) electrons. The molecule has 0 saturated heterocycles. The van der Waals surface area contributed by atoms with Crippen molar-refractivity contribution in [2.24, 2.45) is 5.92 Å². The van der Waals surface area contributed by atoms with Gasteiger partial charge in [0, 0.05) is 37.7 Å². The number of nitrogens with one attached hydrogen (secondary N) is 1. The van der Waals surface area contributed by atoms with Gasteiger partial charge in [0.1, 0.15) is 0 Å². The fraction of sp³-hybridized carbons (Fsp3) is 0.438. The minimum atomic E-state index is 0.648. The van der Waals surface area contributed by atoms with E-state index in [-0.39, 0.29) is 0 Å². The topological polar surface area (TPSA) is 53.9 Å². The highest BCUT2D eigenvalue weighted by Gasteiger charge is 2.06. The summed E-state index contributed by atoms with van der Waals surface area (Å²) in [5.74, 6) is 1.36. The molecule has 21 heavy (non-hydrogen) atoms. The molecule has 5 nitrogen and oxygen atoms in total. The summed E-state index contributed by atoms with van der Waals surface area (Å²) in [6.45, 7) is 6.90. The van der Waals surface area contributed by atoms with E-state index in [4.69, 9.17) is 0 Å². The van der Waals surface area contributed by atoms with Crippen LogP contribution >= 0.6 is 0 Å². The molecule has 112 valence electrons. The molecule has 0 aliphatic heterocycles. The summed E-state index contributed by atoms with van der Waals surface area (Å²) in [7, 11) is 1.97. The first-order chi connectivity index (χ1) is 10.1. The molecular weight excluding hydrogens is 262 g/mol. The standard InChI is InChI=1S/C16H23N5/c1-13(2)8-17-9-14-10-19-16(20-11-14)21(3)12-15-6-4-5-7-18-15/h4-7,10-11,13,17H,8-9,12H2,1-3H3. The van der Waals surface area contributed by atoms with Crippen molar-refractivity contribution in [3.63, 3.8) is 0 Å². The summed E-state index contributed by atoms with van der Waals surface area (Å²) in [6.07, 6.45) is 5.56. The maximum absolute atomic E-state index is 4.42. The molecule has 2 aromatic heterocycles. The zero-order valence-electron chi connectivity index (χ0n) is 13.0. The first-order valence-electron chi connectivity index (χ1n) is 7.28. The van der Waals surface area contributed by atoms with Crippen LogP contribution in [-0.2, 0) is 13.1 Å². The van der Waals surface area contributed by atoms with Crippen molar-refractivity contribution < 1.29 is 0 Å². The third-order valence-corrected chi connectivity index (χ3v) is 3.04. The smallest absolute Gasteiger partial charge is 0.225 e. The molecule has 0 bridgehead atoms. The van der Waals surface area contributed by atoms with Crippen molar-refractivity contribution in [3.8, 4) is 0 Å². The van der Waals surface area contributed by atoms with Gasteiger partial charge in [-0.25, -0.2) is 9.97 Å². The van der Waals surface area contributed by atoms with Gasteiger partial charge in [0.05, 0.1) is 12.2 Å². The Bertz CT molecular complexity index is 524. The minimum absolute atomic E-state index is 0.648. The van der Waals surface area contributed by atoms with Crippen LogP contribution in [0.5, 0.6) is 0 Å². The Kier molecular flexibility index (Phi) is 5.63. The summed E-state index contributed by atoms with van der Waals surface area (Å²) in [5.41, 5.74) is 2.11. The van der Waals surface area contributed by atoms with Gasteiger partial charge < -0.3 is 10.2 Å². The normalized spacial score (nSPS) is 10.9. The number of pyridine rings is 1. The van der Waals surface area contributed by atoms with Crippen LogP contribution in [0.4, 0.5) is 5.95 Å². The van der Waals surface area contributed by atoms with E-state index < -0.39 is 0 Å². The maximum Gasteiger partial charge on any atom is 0.225 e. The number of anilines is 1. The molecule has 0 spiro atoms. The lowest BCUT2D eigenvalue weighted by atomic mass is 10.2. The van der Waals surface area contributed by atoms with Crippen LogP contribution in [0.25, 0.3) is 0 Å². The van der Waals surface area contributed by atoms with Gasteiger partial charge in [0.15, 0.2) is 0 Å². The van der Waals surface area contributed by atoms with Crippen LogP contribution in [0, 0.1) is 5.92 Å². The number of hydrogen-bond acceptors (Lipinski definition) is 5. The maximum atomic E-state index is 4.42. The quantitative estimate of drug-likeness (QED) is 0.845. The number of nitrogens with zero attached hydrogens (tertiary/aromatic N) is 4. The molecule has 0 aromatic carbocycles. The van der Waals surface area contributed by atoms with Crippen molar-refractivity contribution in [1.29, 1.82) is 0 Å². The molecule has 0 atom stereocenters. The van der Waals surface area contributed by atoms with Crippen LogP contribution in [0.15, 0.2) is 36.8 Å². The van der Waals surface area contributed by atoms with E-state index >= 15 is 0 Å². The Morgan fingerprint density at radius 2 is 1.90 bits per heavy atom. The predicted octanol–water partition coefficient (Wildman–Crippen LogP) is 2.25. The number of aromatic nitrogens is 3.